The van der Waals surface area contributed by atoms with E-state index in [4.69, 9.17) is 10.9 Å². The van der Waals surface area contributed by atoms with E-state index in [2.05, 4.69) is 49.4 Å². The first kappa shape index (κ1) is 36.5. The highest BCUT2D eigenvalue weighted by Crippen LogP contribution is 2.23. The SMILES string of the molecule is CCc1ccc(C(=O)N(NCCBr)c2cc(C(=O)Nc3cc(C(=O)Nc4cc(C(=O)NCC/C(N)=N/O)n(C)c4)n(C)c3)n(C)c2)cc1C. The molecule has 3 aromatic heterocycles. The number of nitrogens with one attached hydrogen (secondary N) is 4. The number of oxime groups is 1. The Morgan fingerprint density at radius 2 is 1.43 bits per heavy atom. The number of benzene rings is 1. The predicted octanol–water partition coefficient (Wildman–Crippen LogP) is 3.49. The van der Waals surface area contributed by atoms with Crippen LogP contribution in [0, 0.1) is 6.92 Å². The standard InChI is InChI=1S/C33H41BrN10O5/c1-6-21-7-8-22(13-20(21)2)33(48)44(37-12-10-34)25-16-28(43(5)19-25)32(47)39-24-15-27(42(4)18-24)31(46)38-23-14-26(41(3)17-23)30(45)36-11-9-29(35)40-49/h7-8,13-19,37,49H,6,9-12H2,1-5H3,(H2,35,40)(H,36,45)(H,38,46)(H,39,47). The highest BCUT2D eigenvalue weighted by Gasteiger charge is 2.23. The molecule has 0 radical (unpaired) electrons. The lowest BCUT2D eigenvalue weighted by Crippen LogP contribution is -2.44. The Morgan fingerprint density at radius 3 is 1.98 bits per heavy atom. The second-order valence-corrected chi connectivity index (χ2v) is 12.2. The van der Waals surface area contributed by atoms with E-state index >= 15 is 0 Å². The van der Waals surface area contributed by atoms with Crippen molar-refractivity contribution in [2.24, 2.45) is 32.0 Å². The minimum atomic E-state index is -0.456. The average Bonchev–Trinajstić information content (AvgIpc) is 3.76. The van der Waals surface area contributed by atoms with Crippen molar-refractivity contribution in [3.63, 3.8) is 0 Å². The summed E-state index contributed by atoms with van der Waals surface area (Å²) in [5.74, 6) is -1.55. The quantitative estimate of drug-likeness (QED) is 0.0375. The number of amides is 4. The summed E-state index contributed by atoms with van der Waals surface area (Å²) in [6, 6.07) is 10.3. The molecule has 0 atom stereocenters. The van der Waals surface area contributed by atoms with Crippen LogP contribution in [-0.4, -0.2) is 66.8 Å². The number of aromatic nitrogens is 3. The van der Waals surface area contributed by atoms with Gasteiger partial charge in [0.05, 0.1) is 17.1 Å². The number of hydrazine groups is 1. The molecule has 0 bridgehead atoms. The van der Waals surface area contributed by atoms with Crippen LogP contribution in [0.15, 0.2) is 60.1 Å². The molecule has 0 fully saturated rings. The molecule has 0 spiro atoms. The maximum absolute atomic E-state index is 13.6. The molecule has 0 saturated carbocycles. The van der Waals surface area contributed by atoms with Crippen molar-refractivity contribution in [3.8, 4) is 0 Å². The zero-order valence-corrected chi connectivity index (χ0v) is 29.6. The zero-order valence-electron chi connectivity index (χ0n) is 28.0. The van der Waals surface area contributed by atoms with Crippen molar-refractivity contribution in [2.75, 3.05) is 34.1 Å². The van der Waals surface area contributed by atoms with E-state index in [9.17, 15) is 19.2 Å². The van der Waals surface area contributed by atoms with Crippen LogP contribution >= 0.6 is 15.9 Å². The van der Waals surface area contributed by atoms with Crippen LogP contribution < -0.4 is 32.1 Å². The molecular weight excluding hydrogens is 696 g/mol. The van der Waals surface area contributed by atoms with Gasteiger partial charge in [0.15, 0.2) is 0 Å². The maximum atomic E-state index is 13.6. The van der Waals surface area contributed by atoms with Gasteiger partial charge in [-0.2, -0.15) is 0 Å². The number of hydrogen-bond donors (Lipinski definition) is 6. The number of nitrogens with two attached hydrogens (primary N) is 1. The van der Waals surface area contributed by atoms with Gasteiger partial charge in [0.1, 0.15) is 22.9 Å². The van der Waals surface area contributed by atoms with Crippen LogP contribution in [0.1, 0.15) is 66.3 Å². The number of carbonyl (C=O) groups excluding carboxylic acids is 4. The number of halogens is 1. The number of carbonyl (C=O) groups is 4. The lowest BCUT2D eigenvalue weighted by Gasteiger charge is -2.22. The van der Waals surface area contributed by atoms with Gasteiger partial charge in [-0.1, -0.05) is 34.1 Å². The van der Waals surface area contributed by atoms with Gasteiger partial charge < -0.3 is 40.6 Å². The van der Waals surface area contributed by atoms with Gasteiger partial charge in [-0.15, -0.1) is 0 Å². The minimum Gasteiger partial charge on any atom is -0.409 e. The smallest absolute Gasteiger partial charge is 0.272 e. The van der Waals surface area contributed by atoms with Crippen molar-refractivity contribution in [3.05, 3.63) is 88.8 Å². The van der Waals surface area contributed by atoms with Crippen molar-refractivity contribution in [1.82, 2.24) is 24.4 Å². The summed E-state index contributed by atoms with van der Waals surface area (Å²) in [6.45, 7) is 4.68. The van der Waals surface area contributed by atoms with Crippen LogP contribution in [0.5, 0.6) is 0 Å². The number of alkyl halides is 1. The third-order valence-electron chi connectivity index (χ3n) is 7.81. The van der Waals surface area contributed by atoms with E-state index in [1.807, 2.05) is 19.1 Å². The Balaban J connectivity index is 1.45. The molecule has 0 aliphatic heterocycles. The van der Waals surface area contributed by atoms with Gasteiger partial charge in [-0.25, -0.2) is 10.4 Å². The summed E-state index contributed by atoms with van der Waals surface area (Å²) >= 11 is 3.40. The summed E-state index contributed by atoms with van der Waals surface area (Å²) in [4.78, 5) is 52.8. The van der Waals surface area contributed by atoms with Crippen molar-refractivity contribution >= 4 is 62.5 Å². The summed E-state index contributed by atoms with van der Waals surface area (Å²) in [5, 5.41) is 21.8. The maximum Gasteiger partial charge on any atom is 0.272 e. The number of hydrogen-bond acceptors (Lipinski definition) is 7. The first-order valence-corrected chi connectivity index (χ1v) is 16.6. The summed E-state index contributed by atoms with van der Waals surface area (Å²) in [5.41, 5.74) is 13.4. The summed E-state index contributed by atoms with van der Waals surface area (Å²) in [7, 11) is 5.05. The van der Waals surface area contributed by atoms with Gasteiger partial charge in [-0.05, 0) is 54.8 Å². The second kappa shape index (κ2) is 16.2. The molecule has 0 unspecified atom stereocenters. The molecule has 4 aromatic rings. The molecule has 16 heteroatoms. The van der Waals surface area contributed by atoms with Gasteiger partial charge in [-0.3, -0.25) is 19.2 Å². The Hall–Kier alpha value is -5.35. The van der Waals surface area contributed by atoms with Gasteiger partial charge in [0, 0.05) is 70.1 Å². The Labute approximate surface area is 292 Å². The molecule has 0 saturated heterocycles. The molecule has 49 heavy (non-hydrogen) atoms. The first-order valence-electron chi connectivity index (χ1n) is 15.5. The van der Waals surface area contributed by atoms with Crippen LogP contribution in [-0.2, 0) is 27.6 Å². The van der Waals surface area contributed by atoms with E-state index < -0.39 is 17.7 Å². The Morgan fingerprint density at radius 1 is 0.857 bits per heavy atom. The molecule has 7 N–H and O–H groups in total. The molecule has 4 amide bonds. The van der Waals surface area contributed by atoms with Crippen molar-refractivity contribution < 1.29 is 24.4 Å². The average molecular weight is 738 g/mol. The van der Waals surface area contributed by atoms with E-state index in [1.165, 1.54) is 22.7 Å². The van der Waals surface area contributed by atoms with Crippen LogP contribution in [0.25, 0.3) is 0 Å². The van der Waals surface area contributed by atoms with E-state index in [0.29, 0.717) is 45.9 Å². The van der Waals surface area contributed by atoms with Crippen LogP contribution in [0.2, 0.25) is 0 Å². The zero-order chi connectivity index (χ0) is 35.8. The summed E-state index contributed by atoms with van der Waals surface area (Å²) < 4.78 is 4.76. The molecule has 0 aliphatic carbocycles. The van der Waals surface area contributed by atoms with Crippen molar-refractivity contribution in [2.45, 2.75) is 26.7 Å². The van der Waals surface area contributed by atoms with Gasteiger partial charge in [0.25, 0.3) is 23.6 Å². The molecular formula is C33H41BrN10O5. The molecule has 260 valence electrons. The molecule has 0 aliphatic rings. The monoisotopic (exact) mass is 736 g/mol. The highest BCUT2D eigenvalue weighted by atomic mass is 79.9. The third-order valence-corrected chi connectivity index (χ3v) is 8.20. The topological polar surface area (TPSA) is 193 Å². The number of rotatable bonds is 14. The number of amidine groups is 1. The largest absolute Gasteiger partial charge is 0.409 e. The fourth-order valence-electron chi connectivity index (χ4n) is 5.24. The lowest BCUT2D eigenvalue weighted by atomic mass is 10.0. The number of aryl methyl sites for hydroxylation is 5. The predicted molar refractivity (Wildman–Crippen MR) is 192 cm³/mol. The highest BCUT2D eigenvalue weighted by molar-refractivity contribution is 9.09. The third kappa shape index (κ3) is 8.77. The molecule has 4 rings (SSSR count). The lowest BCUT2D eigenvalue weighted by molar-refractivity contribution is 0.0943. The van der Waals surface area contributed by atoms with Crippen molar-refractivity contribution in [1.29, 1.82) is 0 Å². The summed E-state index contributed by atoms with van der Waals surface area (Å²) in [6.07, 6.45) is 5.94. The molecule has 3 heterocycles. The van der Waals surface area contributed by atoms with Gasteiger partial charge >= 0.3 is 0 Å². The normalized spacial score (nSPS) is 11.3. The van der Waals surface area contributed by atoms with E-state index in [1.54, 1.807) is 65.6 Å². The Bertz CT molecular complexity index is 1890. The molecule has 1 aromatic carbocycles. The molecule has 15 nitrogen and oxygen atoms in total. The van der Waals surface area contributed by atoms with Crippen LogP contribution in [0.4, 0.5) is 17.1 Å². The van der Waals surface area contributed by atoms with E-state index in [0.717, 1.165) is 12.0 Å². The number of nitrogens with zero attached hydrogens (tertiary/aromatic N) is 5. The second-order valence-electron chi connectivity index (χ2n) is 11.4. The fraction of sp³-hybridized carbons (Fsp3) is 0.303. The fourth-order valence-corrected chi connectivity index (χ4v) is 5.41. The first-order chi connectivity index (χ1) is 23.4. The van der Waals surface area contributed by atoms with Gasteiger partial charge in [0.2, 0.25) is 0 Å². The minimum absolute atomic E-state index is 0.00718. The number of anilines is 3. The van der Waals surface area contributed by atoms with Crippen LogP contribution in [0.3, 0.4) is 0 Å². The van der Waals surface area contributed by atoms with E-state index in [-0.39, 0.29) is 30.4 Å². The Kier molecular flexibility index (Phi) is 12.0.